The van der Waals surface area contributed by atoms with Crippen molar-refractivity contribution in [2.45, 2.75) is 50.8 Å². The van der Waals surface area contributed by atoms with Crippen molar-refractivity contribution in [2.24, 2.45) is 0 Å². The van der Waals surface area contributed by atoms with Crippen LogP contribution in [0.2, 0.25) is 0 Å². The van der Waals surface area contributed by atoms with Gasteiger partial charge in [0, 0.05) is 37.4 Å². The SMILES string of the molecule is Cc1c(C(C)C)nc2c(c1-c1ccc(F)cc1)CCCc1ccc(S(=O)(=O)NCCN3CCOCC3)cc1-2. The van der Waals surface area contributed by atoms with Crippen LogP contribution in [-0.4, -0.2) is 57.7 Å². The number of hydrogen-bond donors (Lipinski definition) is 1. The van der Waals surface area contributed by atoms with E-state index in [9.17, 15) is 12.8 Å². The topological polar surface area (TPSA) is 71.5 Å². The highest BCUT2D eigenvalue weighted by Gasteiger charge is 2.26. The number of sulfonamides is 1. The molecule has 2 aliphatic rings. The average Bonchev–Trinajstić information content (AvgIpc) is 3.08. The zero-order valence-corrected chi connectivity index (χ0v) is 23.2. The third kappa shape index (κ3) is 5.54. The van der Waals surface area contributed by atoms with Gasteiger partial charge in [0.2, 0.25) is 10.0 Å². The standard InChI is InChI=1S/C30H36FN3O3S/c1-20(2)29-21(3)28(23-7-10-24(31)11-8-23)26-6-4-5-22-9-12-25(19-27(22)30(26)33-29)38(35,36)32-13-14-34-15-17-37-18-16-34/h7-12,19-20,32H,4-6,13-18H2,1-3H3. The van der Waals surface area contributed by atoms with Crippen LogP contribution in [0.1, 0.15) is 48.6 Å². The second-order valence-corrected chi connectivity index (χ2v) is 12.3. The van der Waals surface area contributed by atoms with E-state index in [4.69, 9.17) is 9.72 Å². The molecule has 0 amide bonds. The monoisotopic (exact) mass is 537 g/mol. The van der Waals surface area contributed by atoms with Crippen LogP contribution in [0.5, 0.6) is 0 Å². The molecule has 1 saturated heterocycles. The first-order valence-corrected chi connectivity index (χ1v) is 15.0. The molecule has 0 radical (unpaired) electrons. The Bertz CT molecular complexity index is 1420. The highest BCUT2D eigenvalue weighted by atomic mass is 32.2. The Morgan fingerprint density at radius 3 is 2.53 bits per heavy atom. The maximum Gasteiger partial charge on any atom is 0.240 e. The fourth-order valence-electron chi connectivity index (χ4n) is 5.64. The van der Waals surface area contributed by atoms with Gasteiger partial charge in [-0.05, 0) is 84.2 Å². The molecule has 6 nitrogen and oxygen atoms in total. The Hall–Kier alpha value is -2.65. The van der Waals surface area contributed by atoms with Crippen molar-refractivity contribution in [3.8, 4) is 22.4 Å². The van der Waals surface area contributed by atoms with Gasteiger partial charge in [0.05, 0.1) is 23.8 Å². The molecule has 1 fully saturated rings. The molecule has 0 atom stereocenters. The minimum atomic E-state index is -3.69. The summed E-state index contributed by atoms with van der Waals surface area (Å²) in [5.41, 5.74) is 8.05. The van der Waals surface area contributed by atoms with Gasteiger partial charge in [-0.15, -0.1) is 0 Å². The number of aromatic nitrogens is 1. The molecule has 0 spiro atoms. The predicted molar refractivity (Wildman–Crippen MR) is 148 cm³/mol. The van der Waals surface area contributed by atoms with Crippen molar-refractivity contribution >= 4 is 10.0 Å². The maximum absolute atomic E-state index is 13.8. The molecule has 1 aliphatic heterocycles. The number of fused-ring (bicyclic) bond motifs is 3. The quantitative estimate of drug-likeness (QED) is 0.455. The molecule has 2 aromatic carbocycles. The fourth-order valence-corrected chi connectivity index (χ4v) is 6.69. The Balaban J connectivity index is 1.55. The highest BCUT2D eigenvalue weighted by molar-refractivity contribution is 7.89. The Kier molecular flexibility index (Phi) is 7.95. The van der Waals surface area contributed by atoms with Gasteiger partial charge in [0.1, 0.15) is 5.82 Å². The number of nitrogens with one attached hydrogen (secondary N) is 1. The summed E-state index contributed by atoms with van der Waals surface area (Å²) in [4.78, 5) is 7.61. The minimum absolute atomic E-state index is 0.181. The lowest BCUT2D eigenvalue weighted by molar-refractivity contribution is 0.0390. The van der Waals surface area contributed by atoms with E-state index in [0.717, 1.165) is 77.1 Å². The van der Waals surface area contributed by atoms with Gasteiger partial charge >= 0.3 is 0 Å². The number of morpholine rings is 1. The molecule has 1 aliphatic carbocycles. The zero-order chi connectivity index (χ0) is 26.9. The first-order chi connectivity index (χ1) is 18.2. The molecular formula is C30H36FN3O3S. The van der Waals surface area contributed by atoms with Crippen LogP contribution in [-0.2, 0) is 27.6 Å². The summed E-state index contributed by atoms with van der Waals surface area (Å²) in [6, 6.07) is 12.1. The number of ether oxygens (including phenoxy) is 1. The van der Waals surface area contributed by atoms with E-state index in [2.05, 4.69) is 30.4 Å². The normalized spacial score (nSPS) is 16.2. The van der Waals surface area contributed by atoms with Crippen LogP contribution >= 0.6 is 0 Å². The van der Waals surface area contributed by atoms with E-state index in [-0.39, 0.29) is 16.6 Å². The van der Waals surface area contributed by atoms with Crippen molar-refractivity contribution in [1.29, 1.82) is 0 Å². The van der Waals surface area contributed by atoms with Crippen LogP contribution < -0.4 is 4.72 Å². The van der Waals surface area contributed by atoms with Gasteiger partial charge in [0.25, 0.3) is 0 Å². The van der Waals surface area contributed by atoms with E-state index in [1.165, 1.54) is 12.1 Å². The van der Waals surface area contributed by atoms with Crippen molar-refractivity contribution in [2.75, 3.05) is 39.4 Å². The van der Waals surface area contributed by atoms with Crippen LogP contribution in [0.25, 0.3) is 22.4 Å². The molecule has 1 N–H and O–H groups in total. The summed E-state index contributed by atoms with van der Waals surface area (Å²) in [6.45, 7) is 10.3. The molecule has 8 heteroatoms. The average molecular weight is 538 g/mol. The summed E-state index contributed by atoms with van der Waals surface area (Å²) in [5.74, 6) is -0.0862. The summed E-state index contributed by atoms with van der Waals surface area (Å²) in [7, 11) is -3.69. The summed E-state index contributed by atoms with van der Waals surface area (Å²) in [5, 5.41) is 0. The maximum atomic E-state index is 13.8. The van der Waals surface area contributed by atoms with Gasteiger partial charge in [-0.1, -0.05) is 32.0 Å². The predicted octanol–water partition coefficient (Wildman–Crippen LogP) is 5.09. The number of nitrogens with zero attached hydrogens (tertiary/aromatic N) is 2. The number of benzene rings is 2. The number of aryl methyl sites for hydroxylation is 1. The minimum Gasteiger partial charge on any atom is -0.379 e. The Morgan fingerprint density at radius 1 is 1.08 bits per heavy atom. The van der Waals surface area contributed by atoms with Crippen LogP contribution in [0, 0.1) is 12.7 Å². The summed E-state index contributed by atoms with van der Waals surface area (Å²) < 4.78 is 48.5. The molecule has 0 saturated carbocycles. The van der Waals surface area contributed by atoms with E-state index < -0.39 is 10.0 Å². The first-order valence-electron chi connectivity index (χ1n) is 13.5. The van der Waals surface area contributed by atoms with Gasteiger partial charge in [-0.2, -0.15) is 0 Å². The van der Waals surface area contributed by atoms with Crippen LogP contribution in [0.3, 0.4) is 0 Å². The number of halogens is 1. The van der Waals surface area contributed by atoms with Gasteiger partial charge in [-0.3, -0.25) is 9.88 Å². The molecule has 0 bridgehead atoms. The fraction of sp³-hybridized carbons (Fsp3) is 0.433. The second kappa shape index (κ2) is 11.2. The number of rotatable bonds is 7. The molecule has 202 valence electrons. The smallest absolute Gasteiger partial charge is 0.240 e. The van der Waals surface area contributed by atoms with Gasteiger partial charge < -0.3 is 4.74 Å². The van der Waals surface area contributed by atoms with Gasteiger partial charge in [-0.25, -0.2) is 17.5 Å². The van der Waals surface area contributed by atoms with E-state index in [1.54, 1.807) is 12.1 Å². The molecule has 38 heavy (non-hydrogen) atoms. The van der Waals surface area contributed by atoms with Crippen molar-refractivity contribution in [3.05, 3.63) is 70.7 Å². The Labute approximate surface area is 225 Å². The molecular weight excluding hydrogens is 501 g/mol. The molecule has 2 heterocycles. The lowest BCUT2D eigenvalue weighted by Gasteiger charge is -2.26. The van der Waals surface area contributed by atoms with E-state index in [1.807, 2.05) is 18.2 Å². The molecule has 3 aromatic rings. The number of pyridine rings is 1. The lowest BCUT2D eigenvalue weighted by atomic mass is 9.87. The molecule has 1 aromatic heterocycles. The second-order valence-electron chi connectivity index (χ2n) is 10.5. The summed E-state index contributed by atoms with van der Waals surface area (Å²) >= 11 is 0. The molecule has 0 unspecified atom stereocenters. The highest BCUT2D eigenvalue weighted by Crippen LogP contribution is 2.41. The third-order valence-corrected chi connectivity index (χ3v) is 9.06. The van der Waals surface area contributed by atoms with E-state index in [0.29, 0.717) is 26.3 Å². The zero-order valence-electron chi connectivity index (χ0n) is 22.4. The van der Waals surface area contributed by atoms with Crippen LogP contribution in [0.15, 0.2) is 47.4 Å². The van der Waals surface area contributed by atoms with Crippen molar-refractivity contribution in [1.82, 2.24) is 14.6 Å². The third-order valence-electron chi connectivity index (χ3n) is 7.60. The van der Waals surface area contributed by atoms with Crippen molar-refractivity contribution < 1.29 is 17.5 Å². The molecule has 5 rings (SSSR count). The van der Waals surface area contributed by atoms with Gasteiger partial charge in [0.15, 0.2) is 0 Å². The van der Waals surface area contributed by atoms with Crippen LogP contribution in [0.4, 0.5) is 4.39 Å². The Morgan fingerprint density at radius 2 is 1.82 bits per heavy atom. The van der Waals surface area contributed by atoms with E-state index >= 15 is 0 Å². The van der Waals surface area contributed by atoms with Crippen molar-refractivity contribution in [3.63, 3.8) is 0 Å². The summed E-state index contributed by atoms with van der Waals surface area (Å²) in [6.07, 6.45) is 2.60. The number of hydrogen-bond acceptors (Lipinski definition) is 5. The first kappa shape index (κ1) is 26.9. The lowest BCUT2D eigenvalue weighted by Crippen LogP contribution is -2.41. The largest absolute Gasteiger partial charge is 0.379 e.